The predicted molar refractivity (Wildman–Crippen MR) is 66.0 cm³/mol. The summed E-state index contributed by atoms with van der Waals surface area (Å²) in [7, 11) is 0. The number of thiophene rings is 1. The van der Waals surface area contributed by atoms with E-state index < -0.39 is 0 Å². The van der Waals surface area contributed by atoms with Crippen molar-refractivity contribution in [3.63, 3.8) is 0 Å². The standard InChI is InChI=1S/C13H13NOS/c14-13(11-4-6-16-8-11)10-1-2-12-9(7-10)3-5-15-12/h1-2,4,6-8,13H,3,5,14H2/t13-/m1/s1. The van der Waals surface area contributed by atoms with Gasteiger partial charge in [0.1, 0.15) is 5.75 Å². The molecule has 1 aliphatic rings. The van der Waals surface area contributed by atoms with Crippen molar-refractivity contribution in [2.75, 3.05) is 6.61 Å². The summed E-state index contributed by atoms with van der Waals surface area (Å²) in [5, 5.41) is 4.17. The van der Waals surface area contributed by atoms with Gasteiger partial charge in [0.15, 0.2) is 0 Å². The monoisotopic (exact) mass is 231 g/mol. The number of benzene rings is 1. The molecule has 1 aromatic heterocycles. The van der Waals surface area contributed by atoms with Crippen molar-refractivity contribution in [2.24, 2.45) is 5.73 Å². The van der Waals surface area contributed by atoms with E-state index in [1.165, 1.54) is 16.7 Å². The van der Waals surface area contributed by atoms with Crippen molar-refractivity contribution in [1.82, 2.24) is 0 Å². The van der Waals surface area contributed by atoms with Crippen LogP contribution in [0.1, 0.15) is 22.7 Å². The lowest BCUT2D eigenvalue weighted by atomic mass is 9.99. The molecule has 16 heavy (non-hydrogen) atoms. The number of ether oxygens (including phenoxy) is 1. The summed E-state index contributed by atoms with van der Waals surface area (Å²) in [6, 6.07) is 8.33. The minimum Gasteiger partial charge on any atom is -0.493 e. The second-order valence-corrected chi connectivity index (χ2v) is 4.78. The highest BCUT2D eigenvalue weighted by molar-refractivity contribution is 7.08. The van der Waals surface area contributed by atoms with Crippen molar-refractivity contribution in [3.05, 3.63) is 51.7 Å². The Labute approximate surface area is 98.7 Å². The Morgan fingerprint density at radius 3 is 3.00 bits per heavy atom. The van der Waals surface area contributed by atoms with Gasteiger partial charge in [-0.3, -0.25) is 0 Å². The van der Waals surface area contributed by atoms with Crippen molar-refractivity contribution in [2.45, 2.75) is 12.5 Å². The third-order valence-electron chi connectivity index (χ3n) is 2.97. The molecular formula is C13H13NOS. The minimum atomic E-state index is -0.0165. The number of hydrogen-bond acceptors (Lipinski definition) is 3. The van der Waals surface area contributed by atoms with Crippen molar-refractivity contribution in [3.8, 4) is 5.75 Å². The van der Waals surface area contributed by atoms with Gasteiger partial charge >= 0.3 is 0 Å². The summed E-state index contributed by atoms with van der Waals surface area (Å²) in [6.45, 7) is 0.798. The summed E-state index contributed by atoms with van der Waals surface area (Å²) >= 11 is 1.68. The Morgan fingerprint density at radius 2 is 2.19 bits per heavy atom. The molecule has 3 heteroatoms. The molecule has 0 spiro atoms. The molecule has 0 aliphatic carbocycles. The third kappa shape index (κ3) is 1.62. The highest BCUT2D eigenvalue weighted by atomic mass is 32.1. The Bertz CT molecular complexity index is 493. The van der Waals surface area contributed by atoms with E-state index in [0.29, 0.717) is 0 Å². The van der Waals surface area contributed by atoms with E-state index in [9.17, 15) is 0 Å². The van der Waals surface area contributed by atoms with Gasteiger partial charge in [0.05, 0.1) is 12.6 Å². The van der Waals surface area contributed by atoms with E-state index in [2.05, 4.69) is 29.0 Å². The first-order chi connectivity index (χ1) is 7.84. The van der Waals surface area contributed by atoms with Crippen LogP contribution >= 0.6 is 11.3 Å². The quantitative estimate of drug-likeness (QED) is 0.862. The molecule has 0 unspecified atom stereocenters. The average molecular weight is 231 g/mol. The third-order valence-corrected chi connectivity index (χ3v) is 3.68. The zero-order valence-electron chi connectivity index (χ0n) is 8.85. The number of nitrogens with two attached hydrogens (primary N) is 1. The van der Waals surface area contributed by atoms with Gasteiger partial charge < -0.3 is 10.5 Å². The fourth-order valence-electron chi connectivity index (χ4n) is 2.04. The molecule has 0 amide bonds. The number of rotatable bonds is 2. The number of fused-ring (bicyclic) bond motifs is 1. The number of hydrogen-bond donors (Lipinski definition) is 1. The molecule has 0 saturated heterocycles. The molecule has 2 nitrogen and oxygen atoms in total. The Kier molecular flexibility index (Phi) is 2.42. The molecule has 1 aromatic carbocycles. The normalized spacial score (nSPS) is 15.6. The van der Waals surface area contributed by atoms with Crippen LogP contribution in [0.25, 0.3) is 0 Å². The maximum absolute atomic E-state index is 6.22. The van der Waals surface area contributed by atoms with E-state index in [1.807, 2.05) is 6.07 Å². The molecule has 2 heterocycles. The zero-order chi connectivity index (χ0) is 11.0. The van der Waals surface area contributed by atoms with Crippen molar-refractivity contribution >= 4 is 11.3 Å². The van der Waals surface area contributed by atoms with Crippen LogP contribution in [0, 0.1) is 0 Å². The predicted octanol–water partition coefficient (Wildman–Crippen LogP) is 2.73. The Hall–Kier alpha value is -1.32. The molecule has 0 saturated carbocycles. The topological polar surface area (TPSA) is 35.2 Å². The highest BCUT2D eigenvalue weighted by Crippen LogP contribution is 2.30. The second-order valence-electron chi connectivity index (χ2n) is 4.00. The fraction of sp³-hybridized carbons (Fsp3) is 0.231. The Balaban J connectivity index is 1.95. The fourth-order valence-corrected chi connectivity index (χ4v) is 2.74. The largest absolute Gasteiger partial charge is 0.493 e. The van der Waals surface area contributed by atoms with Crippen LogP contribution in [0.2, 0.25) is 0 Å². The SMILES string of the molecule is N[C@@H](c1ccsc1)c1ccc2c(c1)CCO2. The molecule has 82 valence electrons. The van der Waals surface area contributed by atoms with Gasteiger partial charge in [0.2, 0.25) is 0 Å². The van der Waals surface area contributed by atoms with E-state index in [0.717, 1.165) is 18.8 Å². The van der Waals surface area contributed by atoms with Gasteiger partial charge in [-0.2, -0.15) is 11.3 Å². The molecule has 0 radical (unpaired) electrons. The van der Waals surface area contributed by atoms with Gasteiger partial charge in [-0.05, 0) is 39.6 Å². The first kappa shape index (κ1) is 9.87. The average Bonchev–Trinajstić information content (AvgIpc) is 2.98. The van der Waals surface area contributed by atoms with Crippen LogP contribution in [0.4, 0.5) is 0 Å². The lowest BCUT2D eigenvalue weighted by Crippen LogP contribution is -2.10. The molecule has 0 fully saturated rings. The summed E-state index contributed by atoms with van der Waals surface area (Å²) < 4.78 is 5.49. The van der Waals surface area contributed by atoms with Crippen molar-refractivity contribution in [1.29, 1.82) is 0 Å². The van der Waals surface area contributed by atoms with Gasteiger partial charge in [0.25, 0.3) is 0 Å². The summed E-state index contributed by atoms with van der Waals surface area (Å²) in [6.07, 6.45) is 1.000. The molecule has 2 aromatic rings. The van der Waals surface area contributed by atoms with Gasteiger partial charge in [-0.15, -0.1) is 0 Å². The highest BCUT2D eigenvalue weighted by Gasteiger charge is 2.15. The van der Waals surface area contributed by atoms with E-state index in [1.54, 1.807) is 11.3 Å². The molecular weight excluding hydrogens is 218 g/mol. The molecule has 1 atom stereocenters. The molecule has 1 aliphatic heterocycles. The van der Waals surface area contributed by atoms with Crippen molar-refractivity contribution < 1.29 is 4.74 Å². The first-order valence-corrected chi connectivity index (χ1v) is 6.32. The lowest BCUT2D eigenvalue weighted by Gasteiger charge is -2.11. The second kappa shape index (κ2) is 3.92. The summed E-state index contributed by atoms with van der Waals surface area (Å²) in [5.74, 6) is 1.02. The smallest absolute Gasteiger partial charge is 0.122 e. The van der Waals surface area contributed by atoms with Crippen LogP contribution in [0.3, 0.4) is 0 Å². The summed E-state index contributed by atoms with van der Waals surface area (Å²) in [4.78, 5) is 0. The maximum atomic E-state index is 6.22. The minimum absolute atomic E-state index is 0.0165. The van der Waals surface area contributed by atoms with Crippen LogP contribution in [-0.4, -0.2) is 6.61 Å². The van der Waals surface area contributed by atoms with Crippen LogP contribution < -0.4 is 10.5 Å². The molecule has 3 rings (SSSR count). The molecule has 0 bridgehead atoms. The van der Waals surface area contributed by atoms with E-state index in [4.69, 9.17) is 10.5 Å². The van der Waals surface area contributed by atoms with E-state index >= 15 is 0 Å². The van der Waals surface area contributed by atoms with Gasteiger partial charge in [0, 0.05) is 6.42 Å². The van der Waals surface area contributed by atoms with E-state index in [-0.39, 0.29) is 6.04 Å². The van der Waals surface area contributed by atoms with Crippen LogP contribution in [0.5, 0.6) is 5.75 Å². The zero-order valence-corrected chi connectivity index (χ0v) is 9.67. The van der Waals surface area contributed by atoms with Gasteiger partial charge in [-0.25, -0.2) is 0 Å². The molecule has 2 N–H and O–H groups in total. The summed E-state index contributed by atoms with van der Waals surface area (Å²) in [5.41, 5.74) is 9.85. The maximum Gasteiger partial charge on any atom is 0.122 e. The van der Waals surface area contributed by atoms with Gasteiger partial charge in [-0.1, -0.05) is 12.1 Å². The Morgan fingerprint density at radius 1 is 1.25 bits per heavy atom. The first-order valence-electron chi connectivity index (χ1n) is 5.38. The lowest BCUT2D eigenvalue weighted by molar-refractivity contribution is 0.357. The van der Waals surface area contributed by atoms with Crippen LogP contribution in [0.15, 0.2) is 35.0 Å². The van der Waals surface area contributed by atoms with Crippen LogP contribution in [-0.2, 0) is 6.42 Å².